The smallest absolute Gasteiger partial charge is 0.241 e. The van der Waals surface area contributed by atoms with Crippen LogP contribution < -0.4 is 5.73 Å². The maximum atomic E-state index is 5.88. The Bertz CT molecular complexity index is 629. The van der Waals surface area contributed by atoms with E-state index in [4.69, 9.17) is 10.3 Å². The Balaban J connectivity index is 1.67. The Morgan fingerprint density at radius 2 is 2.13 bits per heavy atom. The fourth-order valence-corrected chi connectivity index (χ4v) is 3.06. The van der Waals surface area contributed by atoms with Crippen LogP contribution in [0.15, 0.2) is 28.8 Å². The van der Waals surface area contributed by atoms with Gasteiger partial charge in [0.15, 0.2) is 0 Å². The van der Waals surface area contributed by atoms with Gasteiger partial charge in [-0.15, -0.1) is 0 Å². The molecule has 1 atom stereocenters. The Kier molecular flexibility index (Phi) is 5.08. The van der Waals surface area contributed by atoms with Gasteiger partial charge in [-0.3, -0.25) is 4.90 Å². The van der Waals surface area contributed by atoms with Crippen molar-refractivity contribution in [1.29, 1.82) is 0 Å². The number of benzene rings is 1. The van der Waals surface area contributed by atoms with Gasteiger partial charge in [-0.05, 0) is 56.8 Å². The molecule has 2 aromatic rings. The minimum absolute atomic E-state index is 0.146. The number of hydrogen-bond donors (Lipinski definition) is 1. The second kappa shape index (κ2) is 7.23. The Labute approximate surface area is 137 Å². The maximum Gasteiger partial charge on any atom is 0.241 e. The van der Waals surface area contributed by atoms with Crippen molar-refractivity contribution in [2.24, 2.45) is 11.7 Å². The van der Waals surface area contributed by atoms with E-state index in [1.807, 2.05) is 19.1 Å². The Morgan fingerprint density at radius 1 is 1.35 bits per heavy atom. The normalized spacial score (nSPS) is 18.2. The average molecular weight is 314 g/mol. The second-order valence-corrected chi connectivity index (χ2v) is 6.85. The number of likely N-dealkylation sites (tertiary alicyclic amines) is 1. The predicted octanol–water partition coefficient (Wildman–Crippen LogP) is 2.86. The molecule has 1 fully saturated rings. The van der Waals surface area contributed by atoms with Gasteiger partial charge in [0.25, 0.3) is 0 Å². The van der Waals surface area contributed by atoms with Gasteiger partial charge in [-0.25, -0.2) is 0 Å². The molecule has 0 radical (unpaired) electrons. The summed E-state index contributed by atoms with van der Waals surface area (Å²) >= 11 is 0. The van der Waals surface area contributed by atoms with E-state index in [-0.39, 0.29) is 6.04 Å². The van der Waals surface area contributed by atoms with Crippen molar-refractivity contribution in [3.8, 4) is 11.4 Å². The van der Waals surface area contributed by atoms with Crippen molar-refractivity contribution >= 4 is 0 Å². The lowest BCUT2D eigenvalue weighted by molar-refractivity contribution is 0.165. The summed E-state index contributed by atoms with van der Waals surface area (Å²) in [7, 11) is 0. The largest absolute Gasteiger partial charge is 0.338 e. The highest BCUT2D eigenvalue weighted by molar-refractivity contribution is 5.55. The SMILES string of the molecule is CC(N)Cc1cccc(-c2noc(CN3CCC(C)CC3)n2)c1. The van der Waals surface area contributed by atoms with Crippen molar-refractivity contribution in [3.63, 3.8) is 0 Å². The summed E-state index contributed by atoms with van der Waals surface area (Å²) in [4.78, 5) is 6.96. The predicted molar refractivity (Wildman–Crippen MR) is 90.8 cm³/mol. The molecule has 1 saturated heterocycles. The standard InChI is InChI=1S/C18H26N4O/c1-13-6-8-22(9-7-13)12-17-20-18(21-23-17)16-5-3-4-15(11-16)10-14(2)19/h3-5,11,13-14H,6-10,12,19H2,1-2H3. The first-order valence-corrected chi connectivity index (χ1v) is 8.50. The molecule has 2 heterocycles. The molecule has 3 rings (SSSR count). The van der Waals surface area contributed by atoms with Crippen LogP contribution in [0.4, 0.5) is 0 Å². The van der Waals surface area contributed by atoms with Crippen LogP contribution in [0.2, 0.25) is 0 Å². The molecule has 1 aliphatic heterocycles. The number of hydrogen-bond acceptors (Lipinski definition) is 5. The van der Waals surface area contributed by atoms with Gasteiger partial charge >= 0.3 is 0 Å². The molecule has 2 N–H and O–H groups in total. The molecule has 1 aromatic heterocycles. The van der Waals surface area contributed by atoms with Crippen LogP contribution in [-0.2, 0) is 13.0 Å². The lowest BCUT2D eigenvalue weighted by Crippen LogP contribution is -2.32. The Hall–Kier alpha value is -1.72. The van der Waals surface area contributed by atoms with Crippen molar-refractivity contribution in [3.05, 3.63) is 35.7 Å². The lowest BCUT2D eigenvalue weighted by atomic mass is 9.99. The number of nitrogens with zero attached hydrogens (tertiary/aromatic N) is 3. The second-order valence-electron chi connectivity index (χ2n) is 6.85. The zero-order chi connectivity index (χ0) is 16.2. The van der Waals surface area contributed by atoms with E-state index < -0.39 is 0 Å². The van der Waals surface area contributed by atoms with Crippen LogP contribution >= 0.6 is 0 Å². The van der Waals surface area contributed by atoms with E-state index in [9.17, 15) is 0 Å². The first-order valence-electron chi connectivity index (χ1n) is 8.50. The fraction of sp³-hybridized carbons (Fsp3) is 0.556. The highest BCUT2D eigenvalue weighted by Crippen LogP contribution is 2.21. The molecule has 5 heteroatoms. The molecule has 0 spiro atoms. The van der Waals surface area contributed by atoms with E-state index in [2.05, 4.69) is 34.1 Å². The van der Waals surface area contributed by atoms with Crippen molar-refractivity contribution in [1.82, 2.24) is 15.0 Å². The fourth-order valence-electron chi connectivity index (χ4n) is 3.06. The quantitative estimate of drug-likeness (QED) is 0.919. The number of aromatic nitrogens is 2. The van der Waals surface area contributed by atoms with Gasteiger partial charge in [-0.2, -0.15) is 4.98 Å². The van der Waals surface area contributed by atoms with Gasteiger partial charge in [0.05, 0.1) is 6.54 Å². The maximum absolute atomic E-state index is 5.88. The summed E-state index contributed by atoms with van der Waals surface area (Å²) in [5.41, 5.74) is 8.07. The van der Waals surface area contributed by atoms with Gasteiger partial charge in [0.1, 0.15) is 0 Å². The summed E-state index contributed by atoms with van der Waals surface area (Å²) in [5.74, 6) is 2.20. The minimum atomic E-state index is 0.146. The third-order valence-electron chi connectivity index (χ3n) is 4.45. The van der Waals surface area contributed by atoms with E-state index in [1.54, 1.807) is 0 Å². The highest BCUT2D eigenvalue weighted by Gasteiger charge is 2.18. The highest BCUT2D eigenvalue weighted by atomic mass is 16.5. The topological polar surface area (TPSA) is 68.2 Å². The van der Waals surface area contributed by atoms with Crippen molar-refractivity contribution < 1.29 is 4.52 Å². The minimum Gasteiger partial charge on any atom is -0.338 e. The average Bonchev–Trinajstić information content (AvgIpc) is 2.98. The molecule has 23 heavy (non-hydrogen) atoms. The number of nitrogens with two attached hydrogens (primary N) is 1. The molecule has 1 aromatic carbocycles. The zero-order valence-corrected chi connectivity index (χ0v) is 14.0. The van der Waals surface area contributed by atoms with Crippen molar-refractivity contribution in [2.45, 2.75) is 45.7 Å². The molecule has 0 amide bonds. The van der Waals surface area contributed by atoms with Crippen LogP contribution in [0.25, 0.3) is 11.4 Å². The molecule has 124 valence electrons. The van der Waals surface area contributed by atoms with Crippen LogP contribution in [0.3, 0.4) is 0 Å². The lowest BCUT2D eigenvalue weighted by Gasteiger charge is -2.28. The monoisotopic (exact) mass is 314 g/mol. The molecule has 0 bridgehead atoms. The van der Waals surface area contributed by atoms with Gasteiger partial charge in [0, 0.05) is 11.6 Å². The van der Waals surface area contributed by atoms with Crippen LogP contribution in [0, 0.1) is 5.92 Å². The molecular weight excluding hydrogens is 288 g/mol. The zero-order valence-electron chi connectivity index (χ0n) is 14.0. The first-order chi connectivity index (χ1) is 11.1. The van der Waals surface area contributed by atoms with E-state index in [0.29, 0.717) is 11.7 Å². The molecule has 1 aliphatic rings. The number of rotatable bonds is 5. The molecule has 0 saturated carbocycles. The van der Waals surface area contributed by atoms with Gasteiger partial charge in [0.2, 0.25) is 11.7 Å². The van der Waals surface area contributed by atoms with Crippen LogP contribution in [0.1, 0.15) is 38.1 Å². The first kappa shape index (κ1) is 16.1. The summed E-state index contributed by atoms with van der Waals surface area (Å²) < 4.78 is 5.44. The Morgan fingerprint density at radius 3 is 2.87 bits per heavy atom. The summed E-state index contributed by atoms with van der Waals surface area (Å²) in [6.45, 7) is 7.31. The van der Waals surface area contributed by atoms with E-state index in [1.165, 1.54) is 18.4 Å². The van der Waals surface area contributed by atoms with Gasteiger partial charge in [-0.1, -0.05) is 30.3 Å². The summed E-state index contributed by atoms with van der Waals surface area (Å²) in [6.07, 6.45) is 3.35. The van der Waals surface area contributed by atoms with E-state index in [0.717, 1.165) is 37.5 Å². The van der Waals surface area contributed by atoms with Gasteiger partial charge < -0.3 is 10.3 Å². The third-order valence-corrected chi connectivity index (χ3v) is 4.45. The third kappa shape index (κ3) is 4.39. The molecule has 5 nitrogen and oxygen atoms in total. The van der Waals surface area contributed by atoms with Crippen molar-refractivity contribution in [2.75, 3.05) is 13.1 Å². The summed E-state index contributed by atoms with van der Waals surface area (Å²) in [5, 5.41) is 4.14. The number of piperidine rings is 1. The summed E-state index contributed by atoms with van der Waals surface area (Å²) in [6, 6.07) is 8.37. The van der Waals surface area contributed by atoms with Crippen LogP contribution in [0.5, 0.6) is 0 Å². The molecule has 0 aliphatic carbocycles. The molecular formula is C18H26N4O. The van der Waals surface area contributed by atoms with E-state index >= 15 is 0 Å². The molecule has 1 unspecified atom stereocenters. The van der Waals surface area contributed by atoms with Crippen LogP contribution in [-0.4, -0.2) is 34.2 Å².